The molecule has 7 nitrogen and oxygen atoms in total. The Morgan fingerprint density at radius 3 is 2.37 bits per heavy atom. The average Bonchev–Trinajstić information content (AvgIpc) is 2.59. The Bertz CT molecular complexity index is 446. The van der Waals surface area contributed by atoms with Crippen LogP contribution in [0.3, 0.4) is 0 Å². The maximum Gasteiger partial charge on any atom is 0.407 e. The summed E-state index contributed by atoms with van der Waals surface area (Å²) >= 11 is 0. The molecule has 1 aliphatic heterocycles. The number of hydrogen-bond donors (Lipinski definition) is 3. The van der Waals surface area contributed by atoms with Crippen molar-refractivity contribution in [1.82, 2.24) is 20.9 Å². The van der Waals surface area contributed by atoms with E-state index in [0.29, 0.717) is 31.2 Å². The highest BCUT2D eigenvalue weighted by Crippen LogP contribution is 2.13. The molecule has 1 rings (SSSR count). The molecule has 1 unspecified atom stereocenters. The third-order valence-electron chi connectivity index (χ3n) is 4.77. The van der Waals surface area contributed by atoms with Gasteiger partial charge < -0.3 is 25.6 Å². The molecular weight excluding hydrogens is 342 g/mol. The van der Waals surface area contributed by atoms with Gasteiger partial charge >= 0.3 is 6.09 Å². The molecule has 0 bridgehead atoms. The standard InChI is InChI=1S/C20H41N5O2/c1-7-21-19(23-17-9-11-25(12-10-17)16(5)6)22-14-18(13-15(3)4)24-20(26)27-8-2/h15-18H,7-14H2,1-6H3,(H,24,26)(H2,21,22,23). The summed E-state index contributed by atoms with van der Waals surface area (Å²) in [5.41, 5.74) is 0. The number of carbonyl (C=O) groups is 1. The summed E-state index contributed by atoms with van der Waals surface area (Å²) in [6.07, 6.45) is 2.75. The van der Waals surface area contributed by atoms with Crippen molar-refractivity contribution in [3.8, 4) is 0 Å². The second kappa shape index (κ2) is 12.8. The molecule has 0 aromatic rings. The van der Waals surface area contributed by atoms with Gasteiger partial charge in [0.2, 0.25) is 0 Å². The summed E-state index contributed by atoms with van der Waals surface area (Å²) in [7, 11) is 0. The van der Waals surface area contributed by atoms with Crippen LogP contribution >= 0.6 is 0 Å². The van der Waals surface area contributed by atoms with Gasteiger partial charge in [-0.15, -0.1) is 0 Å². The summed E-state index contributed by atoms with van der Waals surface area (Å²) in [6.45, 7) is 16.7. The van der Waals surface area contributed by atoms with Crippen LogP contribution in [-0.4, -0.2) is 67.9 Å². The number of amides is 1. The highest BCUT2D eigenvalue weighted by molar-refractivity contribution is 5.80. The molecule has 0 radical (unpaired) electrons. The lowest BCUT2D eigenvalue weighted by atomic mass is 10.0. The second-order valence-electron chi connectivity index (χ2n) is 7.96. The fraction of sp³-hybridized carbons (Fsp3) is 0.900. The zero-order valence-corrected chi connectivity index (χ0v) is 18.2. The number of piperidine rings is 1. The molecule has 0 spiro atoms. The molecule has 0 saturated carbocycles. The van der Waals surface area contributed by atoms with Gasteiger partial charge in [0.1, 0.15) is 0 Å². The quantitative estimate of drug-likeness (QED) is 0.421. The van der Waals surface area contributed by atoms with Crippen LogP contribution in [0.5, 0.6) is 0 Å². The van der Waals surface area contributed by atoms with E-state index in [1.54, 1.807) is 0 Å². The van der Waals surface area contributed by atoms with Gasteiger partial charge in [-0.25, -0.2) is 4.79 Å². The van der Waals surface area contributed by atoms with Crippen LogP contribution < -0.4 is 16.0 Å². The van der Waals surface area contributed by atoms with Gasteiger partial charge in [0, 0.05) is 31.7 Å². The van der Waals surface area contributed by atoms with Crippen molar-refractivity contribution in [2.24, 2.45) is 10.9 Å². The zero-order valence-electron chi connectivity index (χ0n) is 18.2. The second-order valence-corrected chi connectivity index (χ2v) is 7.96. The first-order valence-electron chi connectivity index (χ1n) is 10.6. The largest absolute Gasteiger partial charge is 0.450 e. The minimum Gasteiger partial charge on any atom is -0.450 e. The predicted molar refractivity (Wildman–Crippen MR) is 112 cm³/mol. The van der Waals surface area contributed by atoms with Crippen molar-refractivity contribution in [2.45, 2.75) is 78.9 Å². The first-order chi connectivity index (χ1) is 12.8. The smallest absolute Gasteiger partial charge is 0.407 e. The van der Waals surface area contributed by atoms with Gasteiger partial charge in [0.05, 0.1) is 19.2 Å². The maximum atomic E-state index is 11.8. The maximum absolute atomic E-state index is 11.8. The Balaban J connectivity index is 2.61. The minimum atomic E-state index is -0.364. The summed E-state index contributed by atoms with van der Waals surface area (Å²) in [6, 6.07) is 1.03. The number of rotatable bonds is 9. The van der Waals surface area contributed by atoms with Crippen LogP contribution in [-0.2, 0) is 4.74 Å². The van der Waals surface area contributed by atoms with Crippen molar-refractivity contribution in [1.29, 1.82) is 0 Å². The van der Waals surface area contributed by atoms with E-state index in [2.05, 4.69) is 55.5 Å². The topological polar surface area (TPSA) is 78.0 Å². The van der Waals surface area contributed by atoms with Gasteiger partial charge in [-0.05, 0) is 52.9 Å². The summed E-state index contributed by atoms with van der Waals surface area (Å²) in [5.74, 6) is 1.31. The number of nitrogens with zero attached hydrogens (tertiary/aromatic N) is 2. The Morgan fingerprint density at radius 2 is 1.85 bits per heavy atom. The number of carbonyl (C=O) groups excluding carboxylic acids is 1. The van der Waals surface area contributed by atoms with E-state index in [0.717, 1.165) is 44.9 Å². The molecule has 0 aliphatic carbocycles. The molecular formula is C20H41N5O2. The van der Waals surface area contributed by atoms with E-state index in [1.807, 2.05) is 6.92 Å². The number of likely N-dealkylation sites (tertiary alicyclic amines) is 1. The van der Waals surface area contributed by atoms with E-state index in [9.17, 15) is 4.79 Å². The monoisotopic (exact) mass is 383 g/mol. The van der Waals surface area contributed by atoms with Crippen LogP contribution in [0.4, 0.5) is 4.79 Å². The molecule has 0 aromatic heterocycles. The van der Waals surface area contributed by atoms with Crippen LogP contribution in [0.15, 0.2) is 4.99 Å². The van der Waals surface area contributed by atoms with E-state index in [4.69, 9.17) is 9.73 Å². The van der Waals surface area contributed by atoms with Crippen LogP contribution in [0.25, 0.3) is 0 Å². The van der Waals surface area contributed by atoms with Crippen molar-refractivity contribution < 1.29 is 9.53 Å². The lowest BCUT2D eigenvalue weighted by Crippen LogP contribution is -2.50. The number of ether oxygens (including phenoxy) is 1. The van der Waals surface area contributed by atoms with Crippen molar-refractivity contribution in [3.05, 3.63) is 0 Å². The SMILES string of the molecule is CCNC(=NCC(CC(C)C)NC(=O)OCC)NC1CCN(C(C)C)CC1. The van der Waals surface area contributed by atoms with Crippen LogP contribution in [0.2, 0.25) is 0 Å². The predicted octanol–water partition coefficient (Wildman–Crippen LogP) is 2.58. The zero-order chi connectivity index (χ0) is 20.2. The summed E-state index contributed by atoms with van der Waals surface area (Å²) in [4.78, 5) is 19.0. The lowest BCUT2D eigenvalue weighted by molar-refractivity contribution is 0.147. The number of alkyl carbamates (subject to hydrolysis) is 1. The highest BCUT2D eigenvalue weighted by Gasteiger charge is 2.21. The number of hydrogen-bond acceptors (Lipinski definition) is 4. The third-order valence-corrected chi connectivity index (χ3v) is 4.77. The van der Waals surface area contributed by atoms with Crippen LogP contribution in [0.1, 0.15) is 60.8 Å². The van der Waals surface area contributed by atoms with Gasteiger partial charge in [-0.1, -0.05) is 13.8 Å². The van der Waals surface area contributed by atoms with E-state index in [1.165, 1.54) is 0 Å². The molecule has 1 heterocycles. The molecule has 3 N–H and O–H groups in total. The fourth-order valence-corrected chi connectivity index (χ4v) is 3.36. The molecule has 27 heavy (non-hydrogen) atoms. The average molecular weight is 384 g/mol. The summed E-state index contributed by atoms with van der Waals surface area (Å²) in [5, 5.41) is 9.84. The van der Waals surface area contributed by atoms with E-state index < -0.39 is 0 Å². The molecule has 1 fully saturated rings. The number of aliphatic imine (C=N–C) groups is 1. The molecule has 1 amide bonds. The van der Waals surface area contributed by atoms with Crippen molar-refractivity contribution >= 4 is 12.1 Å². The van der Waals surface area contributed by atoms with E-state index >= 15 is 0 Å². The molecule has 0 aromatic carbocycles. The molecule has 1 saturated heterocycles. The number of nitrogens with one attached hydrogen (secondary N) is 3. The Morgan fingerprint density at radius 1 is 1.19 bits per heavy atom. The fourth-order valence-electron chi connectivity index (χ4n) is 3.36. The highest BCUT2D eigenvalue weighted by atomic mass is 16.5. The number of guanidine groups is 1. The van der Waals surface area contributed by atoms with Crippen molar-refractivity contribution in [2.75, 3.05) is 32.8 Å². The Hall–Kier alpha value is -1.50. The molecule has 7 heteroatoms. The minimum absolute atomic E-state index is 0.0257. The third kappa shape index (κ3) is 9.84. The van der Waals surface area contributed by atoms with E-state index in [-0.39, 0.29) is 12.1 Å². The van der Waals surface area contributed by atoms with Crippen LogP contribution in [0, 0.1) is 5.92 Å². The molecule has 1 atom stereocenters. The Kier molecular flexibility index (Phi) is 11.2. The molecule has 1 aliphatic rings. The molecule has 158 valence electrons. The Labute approximate surface area is 165 Å². The van der Waals surface area contributed by atoms with Gasteiger partial charge in [0.15, 0.2) is 5.96 Å². The van der Waals surface area contributed by atoms with Gasteiger partial charge in [0.25, 0.3) is 0 Å². The van der Waals surface area contributed by atoms with Gasteiger partial charge in [-0.2, -0.15) is 0 Å². The lowest BCUT2D eigenvalue weighted by Gasteiger charge is -2.35. The normalized spacial score (nSPS) is 17.9. The first-order valence-corrected chi connectivity index (χ1v) is 10.6. The van der Waals surface area contributed by atoms with Crippen molar-refractivity contribution in [3.63, 3.8) is 0 Å². The first kappa shape index (κ1) is 23.5. The summed E-state index contributed by atoms with van der Waals surface area (Å²) < 4.78 is 5.02. The van der Waals surface area contributed by atoms with Gasteiger partial charge in [-0.3, -0.25) is 4.99 Å².